The van der Waals surface area contributed by atoms with E-state index in [0.29, 0.717) is 41.2 Å². The molecule has 2 heterocycles. The third-order valence-electron chi connectivity index (χ3n) is 6.32. The molecular weight excluding hydrogens is 460 g/mol. The number of anilines is 1. The van der Waals surface area contributed by atoms with Gasteiger partial charge in [-0.1, -0.05) is 5.16 Å². The summed E-state index contributed by atoms with van der Waals surface area (Å²) in [6.07, 6.45) is -0.528. The second kappa shape index (κ2) is 9.21. The van der Waals surface area contributed by atoms with Gasteiger partial charge in [0, 0.05) is 11.4 Å². The van der Waals surface area contributed by atoms with Gasteiger partial charge in [0.25, 0.3) is 17.7 Å². The Bertz CT molecular complexity index is 1300. The SMILES string of the molecule is Cc1noc(C2(NC(=O)C(O)c3c(C)c(C(=O)Nc4ccc(F)c(C)c4)c(C)n3CCF)CC2)n1. The summed E-state index contributed by atoms with van der Waals surface area (Å²) < 4.78 is 33.6. The average molecular weight is 488 g/mol. The molecule has 1 fully saturated rings. The first-order valence-electron chi connectivity index (χ1n) is 11.2. The van der Waals surface area contributed by atoms with Crippen LogP contribution in [0.25, 0.3) is 0 Å². The van der Waals surface area contributed by atoms with Crippen molar-refractivity contribution in [2.24, 2.45) is 0 Å². The predicted octanol–water partition coefficient (Wildman–Crippen LogP) is 3.30. The van der Waals surface area contributed by atoms with Crippen molar-refractivity contribution in [1.29, 1.82) is 0 Å². The van der Waals surface area contributed by atoms with Crippen LogP contribution >= 0.6 is 0 Å². The predicted molar refractivity (Wildman–Crippen MR) is 122 cm³/mol. The number of rotatable bonds is 8. The molecule has 3 aromatic rings. The summed E-state index contributed by atoms with van der Waals surface area (Å²) >= 11 is 0. The largest absolute Gasteiger partial charge is 0.377 e. The maximum Gasteiger partial charge on any atom is 0.257 e. The third kappa shape index (κ3) is 4.55. The fourth-order valence-corrected chi connectivity index (χ4v) is 4.33. The molecule has 0 bridgehead atoms. The number of halogens is 2. The minimum Gasteiger partial charge on any atom is -0.377 e. The second-order valence-corrected chi connectivity index (χ2v) is 8.85. The normalized spacial score (nSPS) is 15.1. The number of nitrogens with one attached hydrogen (secondary N) is 2. The number of hydrogen-bond acceptors (Lipinski definition) is 6. The summed E-state index contributed by atoms with van der Waals surface area (Å²) in [5, 5.41) is 20.2. The number of nitrogens with zero attached hydrogens (tertiary/aromatic N) is 3. The number of aromatic nitrogens is 3. The summed E-state index contributed by atoms with van der Waals surface area (Å²) in [6, 6.07) is 4.17. The minimum absolute atomic E-state index is 0.121. The first kappa shape index (κ1) is 24.5. The van der Waals surface area contributed by atoms with Crippen molar-refractivity contribution in [3.63, 3.8) is 0 Å². The molecule has 2 amide bonds. The highest BCUT2D eigenvalue weighted by Gasteiger charge is 2.51. The van der Waals surface area contributed by atoms with Gasteiger partial charge in [-0.3, -0.25) is 9.59 Å². The number of carbonyl (C=O) groups excluding carboxylic acids is 2. The molecule has 4 rings (SSSR count). The molecule has 1 aromatic carbocycles. The highest BCUT2D eigenvalue weighted by Crippen LogP contribution is 2.45. The van der Waals surface area contributed by atoms with E-state index in [4.69, 9.17) is 4.52 Å². The molecule has 9 nitrogen and oxygen atoms in total. The summed E-state index contributed by atoms with van der Waals surface area (Å²) in [5.74, 6) is -0.948. The lowest BCUT2D eigenvalue weighted by Crippen LogP contribution is -2.39. The van der Waals surface area contributed by atoms with Crippen LogP contribution in [-0.2, 0) is 16.9 Å². The average Bonchev–Trinajstić information content (AvgIpc) is 3.37. The van der Waals surface area contributed by atoms with E-state index >= 15 is 0 Å². The van der Waals surface area contributed by atoms with Crippen molar-refractivity contribution in [3.05, 3.63) is 63.8 Å². The lowest BCUT2D eigenvalue weighted by molar-refractivity contribution is -0.131. The molecule has 1 aliphatic carbocycles. The summed E-state index contributed by atoms with van der Waals surface area (Å²) in [5.41, 5.74) is 0.966. The Morgan fingerprint density at radius 3 is 2.54 bits per heavy atom. The van der Waals surface area contributed by atoms with Gasteiger partial charge >= 0.3 is 0 Å². The van der Waals surface area contributed by atoms with Gasteiger partial charge in [-0.25, -0.2) is 8.78 Å². The Labute approximate surface area is 200 Å². The Morgan fingerprint density at radius 1 is 1.26 bits per heavy atom. The van der Waals surface area contributed by atoms with E-state index in [9.17, 15) is 23.5 Å². The number of aliphatic hydroxyl groups excluding tert-OH is 1. The van der Waals surface area contributed by atoms with E-state index in [1.54, 1.807) is 27.7 Å². The van der Waals surface area contributed by atoms with Crippen LogP contribution in [0.3, 0.4) is 0 Å². The summed E-state index contributed by atoms with van der Waals surface area (Å²) in [4.78, 5) is 30.3. The van der Waals surface area contributed by atoms with Gasteiger partial charge in [0.15, 0.2) is 11.9 Å². The van der Waals surface area contributed by atoms with Gasteiger partial charge in [0.2, 0.25) is 0 Å². The molecule has 1 unspecified atom stereocenters. The van der Waals surface area contributed by atoms with E-state index in [0.717, 1.165) is 0 Å². The van der Waals surface area contributed by atoms with Crippen LogP contribution in [0.15, 0.2) is 22.7 Å². The Hall–Kier alpha value is -3.60. The quantitative estimate of drug-likeness (QED) is 0.448. The Balaban J connectivity index is 1.63. The molecule has 1 aliphatic rings. The highest BCUT2D eigenvalue weighted by atomic mass is 19.1. The van der Waals surface area contributed by atoms with E-state index in [-0.39, 0.29) is 23.7 Å². The molecule has 3 N–H and O–H groups in total. The minimum atomic E-state index is -1.67. The molecule has 0 saturated heterocycles. The summed E-state index contributed by atoms with van der Waals surface area (Å²) in [7, 11) is 0. The zero-order valence-corrected chi connectivity index (χ0v) is 19.9. The van der Waals surface area contributed by atoms with Crippen molar-refractivity contribution >= 4 is 17.5 Å². The van der Waals surface area contributed by atoms with Gasteiger partial charge in [-0.05, 0) is 69.9 Å². The molecule has 1 atom stereocenters. The van der Waals surface area contributed by atoms with Gasteiger partial charge in [0.1, 0.15) is 18.0 Å². The third-order valence-corrected chi connectivity index (χ3v) is 6.32. The first-order valence-corrected chi connectivity index (χ1v) is 11.2. The Morgan fingerprint density at radius 2 is 1.97 bits per heavy atom. The number of alkyl halides is 1. The first-order chi connectivity index (χ1) is 16.6. The van der Waals surface area contributed by atoms with Crippen LogP contribution in [0.1, 0.15) is 63.5 Å². The van der Waals surface area contributed by atoms with Crippen molar-refractivity contribution in [3.8, 4) is 0 Å². The van der Waals surface area contributed by atoms with E-state index in [1.165, 1.54) is 22.8 Å². The van der Waals surface area contributed by atoms with Crippen molar-refractivity contribution < 1.29 is 28.0 Å². The van der Waals surface area contributed by atoms with Crippen LogP contribution in [0.2, 0.25) is 0 Å². The van der Waals surface area contributed by atoms with Crippen LogP contribution in [0.5, 0.6) is 0 Å². The van der Waals surface area contributed by atoms with Crippen molar-refractivity contribution in [2.45, 2.75) is 58.7 Å². The molecule has 186 valence electrons. The topological polar surface area (TPSA) is 122 Å². The summed E-state index contributed by atoms with van der Waals surface area (Å²) in [6.45, 7) is 5.53. The fraction of sp³-hybridized carbons (Fsp3) is 0.417. The second-order valence-electron chi connectivity index (χ2n) is 8.85. The van der Waals surface area contributed by atoms with E-state index in [1.807, 2.05) is 0 Å². The zero-order chi connectivity index (χ0) is 25.5. The van der Waals surface area contributed by atoms with Crippen molar-refractivity contribution in [2.75, 3.05) is 12.0 Å². The lowest BCUT2D eigenvalue weighted by atomic mass is 10.1. The van der Waals surface area contributed by atoms with Crippen LogP contribution in [0, 0.1) is 33.5 Å². The Kier molecular flexibility index (Phi) is 6.46. The molecule has 0 spiro atoms. The maximum atomic E-state index is 13.6. The van der Waals surface area contributed by atoms with Gasteiger partial charge < -0.3 is 24.8 Å². The van der Waals surface area contributed by atoms with Crippen molar-refractivity contribution in [1.82, 2.24) is 20.0 Å². The number of aliphatic hydroxyl groups is 1. The maximum absolute atomic E-state index is 13.6. The number of hydrogen-bond donors (Lipinski definition) is 3. The van der Waals surface area contributed by atoms with E-state index < -0.39 is 35.9 Å². The molecule has 11 heteroatoms. The molecule has 2 aromatic heterocycles. The van der Waals surface area contributed by atoms with Gasteiger partial charge in [0.05, 0.1) is 17.8 Å². The van der Waals surface area contributed by atoms with Crippen LogP contribution in [-0.4, -0.2) is 38.3 Å². The smallest absolute Gasteiger partial charge is 0.257 e. The molecular formula is C24H27F2N5O4. The standard InChI is InChI=1S/C24H27F2N5O4/c1-12-11-16(5-6-17(12)26)28-21(33)18-13(2)19(31(10-9-25)14(18)3)20(32)22(34)29-24(7-8-24)23-27-15(4)30-35-23/h5-6,11,20,32H,7-10H2,1-4H3,(H,28,33)(H,29,34). The monoisotopic (exact) mass is 487 g/mol. The number of carbonyl (C=O) groups is 2. The zero-order valence-electron chi connectivity index (χ0n) is 19.9. The molecule has 0 aliphatic heterocycles. The highest BCUT2D eigenvalue weighted by molar-refractivity contribution is 6.06. The lowest BCUT2D eigenvalue weighted by Gasteiger charge is -2.19. The van der Waals surface area contributed by atoms with Gasteiger partial charge in [-0.2, -0.15) is 4.98 Å². The van der Waals surface area contributed by atoms with Crippen LogP contribution in [0.4, 0.5) is 14.5 Å². The fourth-order valence-electron chi connectivity index (χ4n) is 4.33. The number of benzene rings is 1. The molecule has 0 radical (unpaired) electrons. The number of aryl methyl sites for hydroxylation is 2. The molecule has 1 saturated carbocycles. The van der Waals surface area contributed by atoms with E-state index in [2.05, 4.69) is 20.8 Å². The number of amides is 2. The van der Waals surface area contributed by atoms with Crippen LogP contribution < -0.4 is 10.6 Å². The van der Waals surface area contributed by atoms with Gasteiger partial charge in [-0.15, -0.1) is 0 Å². The molecule has 35 heavy (non-hydrogen) atoms.